The maximum absolute atomic E-state index is 4.70. The zero-order chi connectivity index (χ0) is 27.8. The van der Waals surface area contributed by atoms with Crippen molar-refractivity contribution in [2.75, 3.05) is 0 Å². The van der Waals surface area contributed by atoms with Crippen molar-refractivity contribution in [2.24, 2.45) is 0 Å². The van der Waals surface area contributed by atoms with Gasteiger partial charge in [0.15, 0.2) is 11.6 Å². The number of hydrogen-bond acceptors (Lipinski definition) is 4. The van der Waals surface area contributed by atoms with E-state index in [9.17, 15) is 0 Å². The number of aromatic nitrogens is 6. The molecule has 7 rings (SSSR count). The third-order valence-corrected chi connectivity index (χ3v) is 7.76. The van der Waals surface area contributed by atoms with Crippen molar-refractivity contribution in [1.29, 1.82) is 0 Å². The number of rotatable bonds is 2. The van der Waals surface area contributed by atoms with Crippen LogP contribution in [0.1, 0.15) is 52.9 Å². The quantitative estimate of drug-likeness (QED) is 0.229. The maximum atomic E-state index is 4.70. The van der Waals surface area contributed by atoms with Crippen LogP contribution in [0.25, 0.3) is 55.2 Å². The molecule has 0 radical (unpaired) electrons. The minimum atomic E-state index is -0.0612. The molecule has 6 nitrogen and oxygen atoms in total. The normalized spacial score (nSPS) is 12.8. The fraction of sp³-hybridized carbons (Fsp3) is 0.235. The average molecular weight is 525 g/mol. The van der Waals surface area contributed by atoms with E-state index >= 15 is 0 Å². The van der Waals surface area contributed by atoms with Gasteiger partial charge in [-0.25, -0.2) is 0 Å². The van der Waals surface area contributed by atoms with Crippen LogP contribution in [0.2, 0.25) is 0 Å². The Labute approximate surface area is 233 Å². The van der Waals surface area contributed by atoms with Gasteiger partial charge in [0.2, 0.25) is 0 Å². The first-order chi connectivity index (χ1) is 19.1. The van der Waals surface area contributed by atoms with Gasteiger partial charge in [0, 0.05) is 32.4 Å². The molecule has 0 bridgehead atoms. The van der Waals surface area contributed by atoms with Crippen molar-refractivity contribution in [2.45, 2.75) is 52.4 Å². The molecular weight excluding hydrogens is 492 g/mol. The molecule has 0 unspecified atom stereocenters. The fourth-order valence-corrected chi connectivity index (χ4v) is 5.61. The van der Waals surface area contributed by atoms with Crippen LogP contribution in [0.5, 0.6) is 0 Å². The van der Waals surface area contributed by atoms with Gasteiger partial charge in [-0.1, -0.05) is 77.9 Å². The van der Waals surface area contributed by atoms with Crippen molar-refractivity contribution < 1.29 is 0 Å². The Kier molecular flexibility index (Phi) is 5.17. The largest absolute Gasteiger partial charge is 0.292 e. The number of nitrogens with zero attached hydrogens (tertiary/aromatic N) is 6. The monoisotopic (exact) mass is 524 g/mol. The van der Waals surface area contributed by atoms with Crippen molar-refractivity contribution in [3.63, 3.8) is 0 Å². The van der Waals surface area contributed by atoms with Gasteiger partial charge in [-0.2, -0.15) is 10.2 Å². The fourth-order valence-electron chi connectivity index (χ4n) is 5.61. The van der Waals surface area contributed by atoms with E-state index in [2.05, 4.69) is 146 Å². The molecule has 0 fully saturated rings. The summed E-state index contributed by atoms with van der Waals surface area (Å²) in [7, 11) is 0. The second-order valence-electron chi connectivity index (χ2n) is 12.6. The lowest BCUT2D eigenvalue weighted by molar-refractivity contribution is 0.557. The standard InChI is InChI=1S/C34H32N6/c1-33(2,3)29-15-17-31(37-35-29)39-25-13-9-7-11-21(25)23-20-28-24(19-27(23)39)22-12-8-10-14-26(22)40(28)32-18-16-30(36-38-32)34(4,5)6/h7-20H,1-6H3. The number of hydrogen-bond donors (Lipinski definition) is 0. The molecule has 4 aromatic heterocycles. The topological polar surface area (TPSA) is 61.4 Å². The Morgan fingerprint density at radius 3 is 1.18 bits per heavy atom. The van der Waals surface area contributed by atoms with E-state index in [1.807, 2.05) is 0 Å². The summed E-state index contributed by atoms with van der Waals surface area (Å²) < 4.78 is 4.46. The molecule has 0 aliphatic rings. The van der Waals surface area contributed by atoms with E-state index in [4.69, 9.17) is 10.2 Å². The van der Waals surface area contributed by atoms with Gasteiger partial charge in [-0.05, 0) is 48.5 Å². The van der Waals surface area contributed by atoms with Gasteiger partial charge in [-0.3, -0.25) is 9.13 Å². The molecule has 7 aromatic rings. The summed E-state index contributed by atoms with van der Waals surface area (Å²) in [6.45, 7) is 12.9. The number of fused-ring (bicyclic) bond motifs is 6. The van der Waals surface area contributed by atoms with Crippen LogP contribution in [0.4, 0.5) is 0 Å². The van der Waals surface area contributed by atoms with Gasteiger partial charge < -0.3 is 0 Å². The van der Waals surface area contributed by atoms with Gasteiger partial charge in [0.05, 0.1) is 33.5 Å². The zero-order valence-electron chi connectivity index (χ0n) is 23.8. The summed E-state index contributed by atoms with van der Waals surface area (Å²) in [6, 6.07) is 30.0. The van der Waals surface area contributed by atoms with E-state index in [-0.39, 0.29) is 10.8 Å². The highest BCUT2D eigenvalue weighted by molar-refractivity contribution is 6.18. The predicted molar refractivity (Wildman–Crippen MR) is 164 cm³/mol. The van der Waals surface area contributed by atoms with Crippen LogP contribution < -0.4 is 0 Å². The lowest BCUT2D eigenvalue weighted by Crippen LogP contribution is -2.15. The lowest BCUT2D eigenvalue weighted by atomic mass is 9.92. The van der Waals surface area contributed by atoms with Gasteiger partial charge in [0.1, 0.15) is 0 Å². The van der Waals surface area contributed by atoms with Crippen LogP contribution >= 0.6 is 0 Å². The third-order valence-electron chi connectivity index (χ3n) is 7.76. The molecule has 40 heavy (non-hydrogen) atoms. The highest BCUT2D eigenvalue weighted by Gasteiger charge is 2.21. The third kappa shape index (κ3) is 3.70. The van der Waals surface area contributed by atoms with E-state index in [1.54, 1.807) is 0 Å². The molecule has 0 saturated heterocycles. The summed E-state index contributed by atoms with van der Waals surface area (Å²) in [5, 5.41) is 23.3. The first-order valence-electron chi connectivity index (χ1n) is 13.8. The number of para-hydroxylation sites is 2. The molecule has 0 aliphatic heterocycles. The van der Waals surface area contributed by atoms with Gasteiger partial charge in [0.25, 0.3) is 0 Å². The molecule has 0 saturated carbocycles. The Morgan fingerprint density at radius 2 is 0.825 bits per heavy atom. The average Bonchev–Trinajstić information content (AvgIpc) is 3.43. The molecule has 0 spiro atoms. The highest BCUT2D eigenvalue weighted by atomic mass is 15.2. The minimum Gasteiger partial charge on any atom is -0.292 e. The number of benzene rings is 3. The van der Waals surface area contributed by atoms with E-state index in [1.165, 1.54) is 10.8 Å². The van der Waals surface area contributed by atoms with Crippen molar-refractivity contribution in [1.82, 2.24) is 29.5 Å². The Bertz CT molecular complexity index is 1900. The molecule has 0 amide bonds. The summed E-state index contributed by atoms with van der Waals surface area (Å²) in [5.41, 5.74) is 6.23. The summed E-state index contributed by atoms with van der Waals surface area (Å²) >= 11 is 0. The summed E-state index contributed by atoms with van der Waals surface area (Å²) in [6.07, 6.45) is 0. The van der Waals surface area contributed by atoms with Crippen LogP contribution in [-0.2, 0) is 10.8 Å². The second-order valence-corrected chi connectivity index (χ2v) is 12.6. The van der Waals surface area contributed by atoms with E-state index < -0.39 is 0 Å². The lowest BCUT2D eigenvalue weighted by Gasteiger charge is -2.17. The first kappa shape index (κ1) is 24.5. The molecule has 3 aromatic carbocycles. The first-order valence-corrected chi connectivity index (χ1v) is 13.8. The molecule has 0 N–H and O–H groups in total. The van der Waals surface area contributed by atoms with Crippen LogP contribution in [0, 0.1) is 0 Å². The molecule has 0 atom stereocenters. The summed E-state index contributed by atoms with van der Waals surface area (Å²) in [5.74, 6) is 1.62. The van der Waals surface area contributed by atoms with Crippen molar-refractivity contribution in [3.8, 4) is 11.6 Å². The molecule has 4 heterocycles. The van der Waals surface area contributed by atoms with Crippen LogP contribution in [-0.4, -0.2) is 29.5 Å². The van der Waals surface area contributed by atoms with Crippen LogP contribution in [0.15, 0.2) is 84.9 Å². The predicted octanol–water partition coefficient (Wildman–Crippen LogP) is 8.06. The minimum absolute atomic E-state index is 0.0612. The second kappa shape index (κ2) is 8.46. The molecule has 6 heteroatoms. The highest BCUT2D eigenvalue weighted by Crippen LogP contribution is 2.39. The van der Waals surface area contributed by atoms with Crippen molar-refractivity contribution >= 4 is 43.6 Å². The smallest absolute Gasteiger partial charge is 0.160 e. The van der Waals surface area contributed by atoms with E-state index in [0.29, 0.717) is 0 Å². The van der Waals surface area contributed by atoms with Gasteiger partial charge in [-0.15, -0.1) is 10.2 Å². The van der Waals surface area contributed by atoms with Gasteiger partial charge >= 0.3 is 0 Å². The SMILES string of the molecule is CC(C)(C)c1ccc(-n2c3ccccc3c3cc4c(cc32)c2ccccc2n4-c2ccc(C(C)(C)C)nn2)nn1. The summed E-state index contributed by atoms with van der Waals surface area (Å²) in [4.78, 5) is 0. The Hall–Kier alpha value is -4.58. The Balaban J connectivity index is 1.54. The maximum Gasteiger partial charge on any atom is 0.160 e. The molecular formula is C34H32N6. The van der Waals surface area contributed by atoms with E-state index in [0.717, 1.165) is 55.9 Å². The molecule has 0 aliphatic carbocycles. The Morgan fingerprint density at radius 1 is 0.425 bits per heavy atom. The molecule has 198 valence electrons. The zero-order valence-corrected chi connectivity index (χ0v) is 23.8. The van der Waals surface area contributed by atoms with Crippen LogP contribution in [0.3, 0.4) is 0 Å². The van der Waals surface area contributed by atoms with Crippen molar-refractivity contribution in [3.05, 3.63) is 96.3 Å².